The normalized spacial score (nSPS) is 10.9. The van der Waals surface area contributed by atoms with E-state index in [4.69, 9.17) is 11.6 Å². The molecule has 1 aromatic rings. The molecule has 0 spiro atoms. The molecule has 92 valence electrons. The van der Waals surface area contributed by atoms with E-state index in [9.17, 15) is 4.79 Å². The minimum absolute atomic E-state index is 0.182. The third-order valence-electron chi connectivity index (χ3n) is 2.63. The second kappa shape index (κ2) is 8.08. The van der Waals surface area contributed by atoms with Crippen LogP contribution < -0.4 is 0 Å². The lowest BCUT2D eigenvalue weighted by atomic mass is 10.1. The van der Waals surface area contributed by atoms with Gasteiger partial charge in [-0.05, 0) is 30.2 Å². The van der Waals surface area contributed by atoms with Crippen LogP contribution in [0.5, 0.6) is 0 Å². The van der Waals surface area contributed by atoms with Crippen molar-refractivity contribution in [1.82, 2.24) is 0 Å². The molecule has 1 aromatic carbocycles. The fraction of sp³-hybridized carbons (Fsp3) is 0.400. The summed E-state index contributed by atoms with van der Waals surface area (Å²) in [7, 11) is 0. The zero-order valence-electron chi connectivity index (χ0n) is 10.3. The Morgan fingerprint density at radius 2 is 2.00 bits per heavy atom. The van der Waals surface area contributed by atoms with Crippen molar-refractivity contribution in [3.8, 4) is 0 Å². The van der Waals surface area contributed by atoms with Crippen LogP contribution in [-0.2, 0) is 4.79 Å². The van der Waals surface area contributed by atoms with Gasteiger partial charge in [-0.1, -0.05) is 56.0 Å². The van der Waals surface area contributed by atoms with Crippen LogP contribution >= 0.6 is 11.6 Å². The summed E-state index contributed by atoms with van der Waals surface area (Å²) in [5.41, 5.74) is 0.899. The minimum Gasteiger partial charge on any atom is -0.295 e. The summed E-state index contributed by atoms with van der Waals surface area (Å²) in [6.07, 6.45) is 8.60. The fourth-order valence-electron chi connectivity index (χ4n) is 1.60. The van der Waals surface area contributed by atoms with Crippen LogP contribution in [0, 0.1) is 0 Å². The monoisotopic (exact) mass is 250 g/mol. The summed E-state index contributed by atoms with van der Waals surface area (Å²) in [4.78, 5) is 11.6. The summed E-state index contributed by atoms with van der Waals surface area (Å²) < 4.78 is 0. The molecule has 0 fully saturated rings. The summed E-state index contributed by atoms with van der Waals surface area (Å²) in [6, 6.07) is 7.53. The molecule has 0 aliphatic rings. The fourth-order valence-corrected chi connectivity index (χ4v) is 1.80. The van der Waals surface area contributed by atoms with E-state index in [1.54, 1.807) is 12.2 Å². The number of carbonyl (C=O) groups excluding carboxylic acids is 1. The Hall–Kier alpha value is -1.08. The summed E-state index contributed by atoms with van der Waals surface area (Å²) >= 11 is 5.99. The Labute approximate surface area is 108 Å². The van der Waals surface area contributed by atoms with Gasteiger partial charge in [-0.2, -0.15) is 0 Å². The molecule has 0 N–H and O–H groups in total. The maximum Gasteiger partial charge on any atom is 0.155 e. The second-order valence-electron chi connectivity index (χ2n) is 4.13. The average molecular weight is 251 g/mol. The van der Waals surface area contributed by atoms with Crippen LogP contribution in [0.4, 0.5) is 0 Å². The highest BCUT2D eigenvalue weighted by Gasteiger charge is 1.98. The van der Waals surface area contributed by atoms with E-state index in [2.05, 4.69) is 6.92 Å². The Balaban J connectivity index is 2.38. The molecule has 2 heteroatoms. The number of allylic oxidation sites excluding steroid dienone is 1. The van der Waals surface area contributed by atoms with Gasteiger partial charge in [-0.25, -0.2) is 0 Å². The van der Waals surface area contributed by atoms with Crippen molar-refractivity contribution < 1.29 is 4.79 Å². The molecule has 0 aliphatic heterocycles. The number of rotatable bonds is 7. The van der Waals surface area contributed by atoms with Crippen LogP contribution in [0.1, 0.15) is 44.6 Å². The van der Waals surface area contributed by atoms with Gasteiger partial charge < -0.3 is 0 Å². The lowest BCUT2D eigenvalue weighted by Crippen LogP contribution is -1.92. The van der Waals surface area contributed by atoms with E-state index in [1.807, 2.05) is 24.3 Å². The Bertz CT molecular complexity index is 382. The van der Waals surface area contributed by atoms with Crippen molar-refractivity contribution in [2.24, 2.45) is 0 Å². The van der Waals surface area contributed by atoms with Crippen LogP contribution in [0.15, 0.2) is 30.3 Å². The quantitative estimate of drug-likeness (QED) is 0.497. The number of halogens is 1. The van der Waals surface area contributed by atoms with Crippen molar-refractivity contribution in [3.05, 3.63) is 40.9 Å². The zero-order chi connectivity index (χ0) is 12.5. The SMILES string of the molecule is CCCCCCC(=O)/C=C/c1ccccc1Cl. The molecule has 1 rings (SSSR count). The van der Waals surface area contributed by atoms with Crippen molar-refractivity contribution in [3.63, 3.8) is 0 Å². The van der Waals surface area contributed by atoms with Crippen LogP contribution in [0.2, 0.25) is 5.02 Å². The standard InChI is InChI=1S/C15H19ClO/c1-2-3-4-5-9-14(17)12-11-13-8-6-7-10-15(13)16/h6-8,10-12H,2-5,9H2,1H3/b12-11+. The first-order chi connectivity index (χ1) is 8.24. The summed E-state index contributed by atoms with van der Waals surface area (Å²) in [5.74, 6) is 0.182. The van der Waals surface area contributed by atoms with Crippen molar-refractivity contribution >= 4 is 23.5 Å². The summed E-state index contributed by atoms with van der Waals surface area (Å²) in [5, 5.41) is 0.683. The van der Waals surface area contributed by atoms with Gasteiger partial charge in [-0.3, -0.25) is 4.79 Å². The van der Waals surface area contributed by atoms with Crippen LogP contribution in [0.3, 0.4) is 0 Å². The topological polar surface area (TPSA) is 17.1 Å². The average Bonchev–Trinajstić information content (AvgIpc) is 2.34. The van der Waals surface area contributed by atoms with Gasteiger partial charge in [0.25, 0.3) is 0 Å². The van der Waals surface area contributed by atoms with E-state index >= 15 is 0 Å². The molecule has 0 radical (unpaired) electrons. The van der Waals surface area contributed by atoms with Gasteiger partial charge >= 0.3 is 0 Å². The highest BCUT2D eigenvalue weighted by Crippen LogP contribution is 2.16. The van der Waals surface area contributed by atoms with E-state index in [0.29, 0.717) is 11.4 Å². The summed E-state index contributed by atoms with van der Waals surface area (Å²) in [6.45, 7) is 2.17. The van der Waals surface area contributed by atoms with Gasteiger partial charge in [0.2, 0.25) is 0 Å². The number of benzene rings is 1. The highest BCUT2D eigenvalue weighted by atomic mass is 35.5. The van der Waals surface area contributed by atoms with Gasteiger partial charge in [0.15, 0.2) is 5.78 Å². The van der Waals surface area contributed by atoms with E-state index < -0.39 is 0 Å². The van der Waals surface area contributed by atoms with Crippen LogP contribution in [-0.4, -0.2) is 5.78 Å². The first-order valence-electron chi connectivity index (χ1n) is 6.19. The molecule has 17 heavy (non-hydrogen) atoms. The Morgan fingerprint density at radius 3 is 2.71 bits per heavy atom. The molecule has 0 saturated heterocycles. The van der Waals surface area contributed by atoms with Crippen LogP contribution in [0.25, 0.3) is 6.08 Å². The maximum atomic E-state index is 11.6. The Morgan fingerprint density at radius 1 is 1.24 bits per heavy atom. The molecule has 1 nitrogen and oxygen atoms in total. The van der Waals surface area contributed by atoms with Gasteiger partial charge in [0, 0.05) is 11.4 Å². The maximum absolute atomic E-state index is 11.6. The number of carbonyl (C=O) groups is 1. The first-order valence-corrected chi connectivity index (χ1v) is 6.57. The molecule has 0 atom stereocenters. The Kier molecular flexibility index (Phi) is 6.64. The van der Waals surface area contributed by atoms with Crippen molar-refractivity contribution in [2.75, 3.05) is 0 Å². The third-order valence-corrected chi connectivity index (χ3v) is 2.97. The molecule has 0 amide bonds. The van der Waals surface area contributed by atoms with Crippen molar-refractivity contribution in [2.45, 2.75) is 39.0 Å². The van der Waals surface area contributed by atoms with E-state index in [1.165, 1.54) is 12.8 Å². The number of ketones is 1. The molecule has 0 bridgehead atoms. The van der Waals surface area contributed by atoms with E-state index in [0.717, 1.165) is 18.4 Å². The molecule has 0 aliphatic carbocycles. The second-order valence-corrected chi connectivity index (χ2v) is 4.54. The molecular weight excluding hydrogens is 232 g/mol. The number of unbranched alkanes of at least 4 members (excludes halogenated alkanes) is 3. The van der Waals surface area contributed by atoms with Gasteiger partial charge in [0.1, 0.15) is 0 Å². The number of hydrogen-bond donors (Lipinski definition) is 0. The zero-order valence-corrected chi connectivity index (χ0v) is 11.0. The molecular formula is C15H19ClO. The predicted octanol–water partition coefficient (Wildman–Crippen LogP) is 4.89. The molecule has 0 unspecified atom stereocenters. The predicted molar refractivity (Wildman–Crippen MR) is 74.3 cm³/mol. The smallest absolute Gasteiger partial charge is 0.155 e. The van der Waals surface area contributed by atoms with Gasteiger partial charge in [-0.15, -0.1) is 0 Å². The third kappa shape index (κ3) is 5.69. The highest BCUT2D eigenvalue weighted by molar-refractivity contribution is 6.32. The largest absolute Gasteiger partial charge is 0.295 e. The molecule has 0 heterocycles. The molecule has 0 saturated carbocycles. The minimum atomic E-state index is 0.182. The molecule has 0 aromatic heterocycles. The lowest BCUT2D eigenvalue weighted by Gasteiger charge is -1.97. The van der Waals surface area contributed by atoms with E-state index in [-0.39, 0.29) is 5.78 Å². The van der Waals surface area contributed by atoms with Gasteiger partial charge in [0.05, 0.1) is 0 Å². The lowest BCUT2D eigenvalue weighted by molar-refractivity contribution is -0.114. The number of hydrogen-bond acceptors (Lipinski definition) is 1. The first kappa shape index (κ1) is 14.0. The van der Waals surface area contributed by atoms with Crippen molar-refractivity contribution in [1.29, 1.82) is 0 Å².